The van der Waals surface area contributed by atoms with E-state index in [0.717, 1.165) is 27.9 Å². The number of benzene rings is 3. The van der Waals surface area contributed by atoms with Crippen molar-refractivity contribution in [3.63, 3.8) is 0 Å². The molecule has 0 radical (unpaired) electrons. The molecule has 0 saturated heterocycles. The van der Waals surface area contributed by atoms with Crippen LogP contribution in [-0.2, 0) is 4.79 Å². The summed E-state index contributed by atoms with van der Waals surface area (Å²) in [7, 11) is 0. The van der Waals surface area contributed by atoms with E-state index in [1.165, 1.54) is 23.9 Å². The van der Waals surface area contributed by atoms with E-state index in [1.807, 2.05) is 56.3 Å². The van der Waals surface area contributed by atoms with Crippen LogP contribution in [0.4, 0.5) is 10.1 Å². The van der Waals surface area contributed by atoms with Crippen molar-refractivity contribution in [2.24, 2.45) is 0 Å². The molecule has 1 aliphatic heterocycles. The highest BCUT2D eigenvalue weighted by Crippen LogP contribution is 2.39. The van der Waals surface area contributed by atoms with Crippen molar-refractivity contribution in [3.8, 4) is 11.4 Å². The van der Waals surface area contributed by atoms with Crippen LogP contribution in [0.2, 0.25) is 0 Å². The second-order valence-electron chi connectivity index (χ2n) is 8.07. The molecule has 2 heterocycles. The molecule has 33 heavy (non-hydrogen) atoms. The van der Waals surface area contributed by atoms with Crippen LogP contribution in [0.3, 0.4) is 0 Å². The molecule has 0 saturated carbocycles. The van der Waals surface area contributed by atoms with Crippen LogP contribution in [-0.4, -0.2) is 26.0 Å². The number of hydrogen-bond donors (Lipinski definition) is 2. The summed E-state index contributed by atoms with van der Waals surface area (Å²) in [6, 6.07) is 21.4. The van der Waals surface area contributed by atoms with E-state index < -0.39 is 11.3 Å². The molecule has 0 aliphatic carbocycles. The number of thioether (sulfide) groups is 1. The lowest BCUT2D eigenvalue weighted by atomic mass is 10.0. The Morgan fingerprint density at radius 3 is 2.39 bits per heavy atom. The SMILES string of the molecule is Cc1cc(C)cc(NC(=O)[C@@H]2Sc3nnc(-c4ccccc4)n3N[C@@H]2c2ccc(F)cc2)c1. The van der Waals surface area contributed by atoms with Crippen molar-refractivity contribution >= 4 is 23.4 Å². The molecule has 1 amide bonds. The molecule has 0 unspecified atom stereocenters. The molecule has 2 N–H and O–H groups in total. The smallest absolute Gasteiger partial charge is 0.240 e. The van der Waals surface area contributed by atoms with Gasteiger partial charge in [-0.1, -0.05) is 60.3 Å². The lowest BCUT2D eigenvalue weighted by molar-refractivity contribution is -0.116. The largest absolute Gasteiger partial charge is 0.325 e. The molecule has 166 valence electrons. The molecule has 0 bridgehead atoms. The predicted molar refractivity (Wildman–Crippen MR) is 128 cm³/mol. The van der Waals surface area contributed by atoms with Gasteiger partial charge in [0.2, 0.25) is 11.1 Å². The summed E-state index contributed by atoms with van der Waals surface area (Å²) in [4.78, 5) is 13.4. The van der Waals surface area contributed by atoms with Gasteiger partial charge in [-0.3, -0.25) is 4.79 Å². The van der Waals surface area contributed by atoms with Gasteiger partial charge in [0.1, 0.15) is 11.1 Å². The summed E-state index contributed by atoms with van der Waals surface area (Å²) in [6.45, 7) is 3.99. The molecule has 5 rings (SSSR count). The highest BCUT2D eigenvalue weighted by Gasteiger charge is 2.38. The first-order valence-corrected chi connectivity index (χ1v) is 11.4. The number of aromatic nitrogens is 3. The van der Waals surface area contributed by atoms with Crippen LogP contribution in [0.1, 0.15) is 22.7 Å². The van der Waals surface area contributed by atoms with Crippen molar-refractivity contribution in [2.45, 2.75) is 30.3 Å². The molecular formula is C25H22FN5OS. The highest BCUT2D eigenvalue weighted by molar-refractivity contribution is 8.00. The fourth-order valence-electron chi connectivity index (χ4n) is 4.01. The number of anilines is 1. The number of carbonyl (C=O) groups excluding carboxylic acids is 1. The van der Waals surface area contributed by atoms with E-state index in [-0.39, 0.29) is 11.7 Å². The van der Waals surface area contributed by atoms with Gasteiger partial charge in [0.15, 0.2) is 5.82 Å². The third-order valence-electron chi connectivity index (χ3n) is 5.45. The van der Waals surface area contributed by atoms with Gasteiger partial charge in [-0.15, -0.1) is 10.2 Å². The molecule has 3 aromatic carbocycles. The number of hydrogen-bond acceptors (Lipinski definition) is 5. The Balaban J connectivity index is 1.51. The average molecular weight is 460 g/mol. The van der Waals surface area contributed by atoms with E-state index in [1.54, 1.807) is 16.8 Å². The van der Waals surface area contributed by atoms with E-state index >= 15 is 0 Å². The lowest BCUT2D eigenvalue weighted by Crippen LogP contribution is -2.41. The lowest BCUT2D eigenvalue weighted by Gasteiger charge is -2.33. The van der Waals surface area contributed by atoms with Gasteiger partial charge < -0.3 is 10.7 Å². The van der Waals surface area contributed by atoms with Gasteiger partial charge in [0.05, 0.1) is 6.04 Å². The average Bonchev–Trinajstić information content (AvgIpc) is 3.21. The quantitative estimate of drug-likeness (QED) is 0.444. The zero-order chi connectivity index (χ0) is 22.9. The number of amides is 1. The molecule has 0 spiro atoms. The summed E-state index contributed by atoms with van der Waals surface area (Å²) in [5.74, 6) is 0.161. The van der Waals surface area contributed by atoms with E-state index in [0.29, 0.717) is 11.0 Å². The molecule has 1 aromatic heterocycles. The van der Waals surface area contributed by atoms with E-state index in [9.17, 15) is 9.18 Å². The number of nitrogens with zero attached hydrogens (tertiary/aromatic N) is 3. The zero-order valence-corrected chi connectivity index (χ0v) is 18.9. The summed E-state index contributed by atoms with van der Waals surface area (Å²) in [5, 5.41) is 11.8. The fourth-order valence-corrected chi connectivity index (χ4v) is 5.09. The highest BCUT2D eigenvalue weighted by atomic mass is 32.2. The summed E-state index contributed by atoms with van der Waals surface area (Å²) >= 11 is 1.34. The van der Waals surface area contributed by atoms with Crippen molar-refractivity contribution < 1.29 is 9.18 Å². The Hall–Kier alpha value is -3.65. The Morgan fingerprint density at radius 1 is 1.00 bits per heavy atom. The Kier molecular flexibility index (Phi) is 5.60. The molecule has 8 heteroatoms. The van der Waals surface area contributed by atoms with Crippen LogP contribution >= 0.6 is 11.8 Å². The predicted octanol–water partition coefficient (Wildman–Crippen LogP) is 5.10. The summed E-state index contributed by atoms with van der Waals surface area (Å²) in [6.07, 6.45) is 0. The van der Waals surface area contributed by atoms with Crippen molar-refractivity contribution in [2.75, 3.05) is 10.7 Å². The van der Waals surface area contributed by atoms with Crippen LogP contribution in [0.5, 0.6) is 0 Å². The fraction of sp³-hybridized carbons (Fsp3) is 0.160. The van der Waals surface area contributed by atoms with Gasteiger partial charge >= 0.3 is 0 Å². The standard InChI is InChI=1S/C25H22FN5OS/c1-15-12-16(2)14-20(13-15)27-24(32)22-21(17-8-10-19(26)11-9-17)30-31-23(28-29-25(31)33-22)18-6-4-3-5-7-18/h3-14,21-22,30H,1-2H3,(H,27,32)/t21-,22-/m1/s1. The molecule has 1 aliphatic rings. The first kappa shape index (κ1) is 21.2. The molecule has 4 aromatic rings. The molecular weight excluding hydrogens is 437 g/mol. The first-order valence-electron chi connectivity index (χ1n) is 10.6. The third-order valence-corrected chi connectivity index (χ3v) is 6.66. The van der Waals surface area contributed by atoms with Crippen LogP contribution in [0, 0.1) is 19.7 Å². The third kappa shape index (κ3) is 4.34. The van der Waals surface area contributed by atoms with Gasteiger partial charge in [-0.05, 0) is 54.8 Å². The number of aryl methyl sites for hydroxylation is 2. The molecule has 0 fully saturated rings. The Morgan fingerprint density at radius 2 is 1.70 bits per heavy atom. The number of carbonyl (C=O) groups is 1. The van der Waals surface area contributed by atoms with Crippen LogP contribution < -0.4 is 10.7 Å². The minimum atomic E-state index is -0.545. The van der Waals surface area contributed by atoms with Crippen LogP contribution in [0.15, 0.2) is 78.0 Å². The molecule has 6 nitrogen and oxygen atoms in total. The van der Waals surface area contributed by atoms with Gasteiger partial charge in [-0.25, -0.2) is 9.07 Å². The topological polar surface area (TPSA) is 71.8 Å². The van der Waals surface area contributed by atoms with Gasteiger partial charge in [-0.2, -0.15) is 0 Å². The number of fused-ring (bicyclic) bond motifs is 1. The minimum absolute atomic E-state index is 0.165. The van der Waals surface area contributed by atoms with E-state index in [2.05, 4.69) is 27.0 Å². The zero-order valence-electron chi connectivity index (χ0n) is 18.1. The Labute approximate surface area is 195 Å². The number of nitrogens with one attached hydrogen (secondary N) is 2. The van der Waals surface area contributed by atoms with Gasteiger partial charge in [0.25, 0.3) is 0 Å². The first-order chi connectivity index (χ1) is 16.0. The van der Waals surface area contributed by atoms with E-state index in [4.69, 9.17) is 0 Å². The summed E-state index contributed by atoms with van der Waals surface area (Å²) in [5.41, 5.74) is 7.99. The Bertz CT molecular complexity index is 1290. The van der Waals surface area contributed by atoms with Crippen molar-refractivity contribution in [3.05, 3.63) is 95.3 Å². The van der Waals surface area contributed by atoms with Gasteiger partial charge in [0, 0.05) is 11.3 Å². The normalized spacial score (nSPS) is 17.2. The number of rotatable bonds is 4. The minimum Gasteiger partial charge on any atom is -0.325 e. The maximum absolute atomic E-state index is 13.6. The second kappa shape index (κ2) is 8.71. The molecule has 2 atom stereocenters. The maximum atomic E-state index is 13.6. The maximum Gasteiger partial charge on any atom is 0.240 e. The van der Waals surface area contributed by atoms with Crippen molar-refractivity contribution in [1.82, 2.24) is 14.9 Å². The summed E-state index contributed by atoms with van der Waals surface area (Å²) < 4.78 is 15.4. The second-order valence-corrected chi connectivity index (χ2v) is 9.18. The number of halogens is 1. The van der Waals surface area contributed by atoms with Crippen molar-refractivity contribution in [1.29, 1.82) is 0 Å². The van der Waals surface area contributed by atoms with Crippen LogP contribution in [0.25, 0.3) is 11.4 Å². The monoisotopic (exact) mass is 459 g/mol.